The molecule has 0 bridgehead atoms. The Bertz CT molecular complexity index is 1120. The number of fused-ring (bicyclic) bond motifs is 1. The van der Waals surface area contributed by atoms with E-state index in [2.05, 4.69) is 10.6 Å². The first-order valence-corrected chi connectivity index (χ1v) is 11.5. The minimum atomic E-state index is -3.91. The van der Waals surface area contributed by atoms with Gasteiger partial charge in [-0.05, 0) is 25.1 Å². The summed E-state index contributed by atoms with van der Waals surface area (Å²) >= 11 is 6.23. The van der Waals surface area contributed by atoms with Crippen molar-refractivity contribution >= 4 is 44.9 Å². The average Bonchev–Trinajstić information content (AvgIpc) is 2.75. The Hall–Kier alpha value is -2.82. The highest BCUT2D eigenvalue weighted by Gasteiger charge is 2.34. The van der Waals surface area contributed by atoms with Gasteiger partial charge >= 0.3 is 6.03 Å². The molecule has 1 saturated heterocycles. The van der Waals surface area contributed by atoms with Crippen molar-refractivity contribution in [3.05, 3.63) is 47.5 Å². The van der Waals surface area contributed by atoms with E-state index in [0.717, 1.165) is 0 Å². The summed E-state index contributed by atoms with van der Waals surface area (Å²) in [6.45, 7) is 2.31. The zero-order valence-corrected chi connectivity index (χ0v) is 18.2. The van der Waals surface area contributed by atoms with Gasteiger partial charge in [-0.3, -0.25) is 4.79 Å². The van der Waals surface area contributed by atoms with Crippen LogP contribution < -0.4 is 15.4 Å². The van der Waals surface area contributed by atoms with Crippen LogP contribution in [0.25, 0.3) is 0 Å². The molecule has 0 aliphatic carbocycles. The Morgan fingerprint density at radius 2 is 1.84 bits per heavy atom. The molecule has 0 aromatic heterocycles. The van der Waals surface area contributed by atoms with Crippen molar-refractivity contribution in [2.45, 2.75) is 17.9 Å². The van der Waals surface area contributed by atoms with Gasteiger partial charge in [0, 0.05) is 37.9 Å². The average molecular weight is 465 g/mol. The zero-order valence-electron chi connectivity index (χ0n) is 16.7. The van der Waals surface area contributed by atoms with Gasteiger partial charge < -0.3 is 20.3 Å². The van der Waals surface area contributed by atoms with Gasteiger partial charge in [0.25, 0.3) is 5.91 Å². The second-order valence-corrected chi connectivity index (χ2v) is 9.53. The Morgan fingerprint density at radius 3 is 2.52 bits per heavy atom. The molecule has 2 aliphatic rings. The Balaban J connectivity index is 1.46. The summed E-state index contributed by atoms with van der Waals surface area (Å²) in [5, 5.41) is 5.42. The topological polar surface area (TPSA) is 108 Å². The molecule has 11 heteroatoms. The molecule has 3 amide bonds. The number of hydrogen-bond donors (Lipinski definition) is 2. The van der Waals surface area contributed by atoms with Crippen LogP contribution in [0.1, 0.15) is 6.92 Å². The van der Waals surface area contributed by atoms with E-state index in [1.54, 1.807) is 24.0 Å². The second-order valence-electron chi connectivity index (χ2n) is 7.22. The first-order valence-electron chi connectivity index (χ1n) is 9.68. The number of carbonyl (C=O) groups is 2. The minimum Gasteiger partial charge on any atom is -0.479 e. The molecule has 1 unspecified atom stereocenters. The number of benzene rings is 2. The van der Waals surface area contributed by atoms with Crippen LogP contribution in [0.3, 0.4) is 0 Å². The van der Waals surface area contributed by atoms with Crippen molar-refractivity contribution < 1.29 is 22.7 Å². The lowest BCUT2D eigenvalue weighted by atomic mass is 10.2. The Labute approximate surface area is 185 Å². The molecular weight excluding hydrogens is 444 g/mol. The van der Waals surface area contributed by atoms with E-state index in [-0.39, 0.29) is 53.8 Å². The van der Waals surface area contributed by atoms with Crippen molar-refractivity contribution in [2.24, 2.45) is 0 Å². The molecule has 2 aromatic carbocycles. The SMILES string of the molecule is CC1Oc2cc(S(=O)(=O)N3CCN(C(=O)Nc4ccccc4)CC3)c(Cl)cc2NC1=O. The molecule has 2 heterocycles. The van der Waals surface area contributed by atoms with Crippen molar-refractivity contribution in [1.82, 2.24) is 9.21 Å². The molecule has 164 valence electrons. The van der Waals surface area contributed by atoms with Gasteiger partial charge in [-0.2, -0.15) is 4.31 Å². The van der Waals surface area contributed by atoms with Gasteiger partial charge in [0.2, 0.25) is 10.0 Å². The van der Waals surface area contributed by atoms with Crippen LogP contribution in [0, 0.1) is 0 Å². The van der Waals surface area contributed by atoms with Crippen molar-refractivity contribution in [3.63, 3.8) is 0 Å². The molecular formula is C20H21ClN4O5S. The molecule has 0 spiro atoms. The van der Waals surface area contributed by atoms with Gasteiger partial charge in [-0.1, -0.05) is 29.8 Å². The van der Waals surface area contributed by atoms with Crippen LogP contribution in [0.15, 0.2) is 47.4 Å². The first kappa shape index (κ1) is 21.4. The summed E-state index contributed by atoms with van der Waals surface area (Å²) in [7, 11) is -3.91. The lowest BCUT2D eigenvalue weighted by Crippen LogP contribution is -2.51. The van der Waals surface area contributed by atoms with E-state index < -0.39 is 16.1 Å². The number of nitrogens with one attached hydrogen (secondary N) is 2. The molecule has 9 nitrogen and oxygen atoms in total. The number of carbonyl (C=O) groups excluding carboxylic acids is 2. The van der Waals surface area contributed by atoms with Crippen LogP contribution >= 0.6 is 11.6 Å². The molecule has 0 saturated carbocycles. The predicted octanol–water partition coefficient (Wildman–Crippen LogP) is 2.60. The number of urea groups is 1. The maximum absolute atomic E-state index is 13.2. The van der Waals surface area contributed by atoms with Gasteiger partial charge in [-0.15, -0.1) is 0 Å². The lowest BCUT2D eigenvalue weighted by Gasteiger charge is -2.34. The van der Waals surface area contributed by atoms with E-state index in [4.69, 9.17) is 16.3 Å². The van der Waals surface area contributed by atoms with E-state index in [9.17, 15) is 18.0 Å². The number of halogens is 1. The van der Waals surface area contributed by atoms with Gasteiger partial charge in [-0.25, -0.2) is 13.2 Å². The highest BCUT2D eigenvalue weighted by molar-refractivity contribution is 7.89. The minimum absolute atomic E-state index is 0.0125. The summed E-state index contributed by atoms with van der Waals surface area (Å²) < 4.78 is 33.2. The zero-order chi connectivity index (χ0) is 22.2. The smallest absolute Gasteiger partial charge is 0.321 e. The quantitative estimate of drug-likeness (QED) is 0.725. The molecule has 1 fully saturated rings. The third-order valence-corrected chi connectivity index (χ3v) is 7.50. The van der Waals surface area contributed by atoms with E-state index >= 15 is 0 Å². The number of hydrogen-bond acceptors (Lipinski definition) is 5. The molecule has 4 rings (SSSR count). The van der Waals surface area contributed by atoms with Crippen LogP contribution in [0.2, 0.25) is 5.02 Å². The largest absolute Gasteiger partial charge is 0.479 e. The Morgan fingerprint density at radius 1 is 1.16 bits per heavy atom. The highest BCUT2D eigenvalue weighted by Crippen LogP contribution is 2.38. The van der Waals surface area contributed by atoms with E-state index in [1.807, 2.05) is 18.2 Å². The van der Waals surface area contributed by atoms with Gasteiger partial charge in [0.1, 0.15) is 10.6 Å². The van der Waals surface area contributed by atoms with Crippen molar-refractivity contribution in [1.29, 1.82) is 0 Å². The van der Waals surface area contributed by atoms with E-state index in [1.165, 1.54) is 16.4 Å². The maximum atomic E-state index is 13.2. The molecule has 31 heavy (non-hydrogen) atoms. The highest BCUT2D eigenvalue weighted by atomic mass is 35.5. The fourth-order valence-corrected chi connectivity index (χ4v) is 5.34. The number of piperazine rings is 1. The molecule has 2 N–H and O–H groups in total. The summed E-state index contributed by atoms with van der Waals surface area (Å²) in [5.41, 5.74) is 0.999. The van der Waals surface area contributed by atoms with Crippen molar-refractivity contribution in [2.75, 3.05) is 36.8 Å². The molecule has 1 atom stereocenters. The third kappa shape index (κ3) is 4.32. The number of anilines is 2. The van der Waals surface area contributed by atoms with Crippen LogP contribution in [0.4, 0.5) is 16.2 Å². The number of para-hydroxylation sites is 1. The number of sulfonamides is 1. The number of nitrogens with zero attached hydrogens (tertiary/aromatic N) is 2. The monoisotopic (exact) mass is 464 g/mol. The van der Waals surface area contributed by atoms with Gasteiger partial charge in [0.05, 0.1) is 10.7 Å². The van der Waals surface area contributed by atoms with Gasteiger partial charge in [0.15, 0.2) is 6.10 Å². The lowest BCUT2D eigenvalue weighted by molar-refractivity contribution is -0.122. The summed E-state index contributed by atoms with van der Waals surface area (Å²) in [4.78, 5) is 25.7. The van der Waals surface area contributed by atoms with Crippen LogP contribution in [-0.4, -0.2) is 61.8 Å². The fourth-order valence-electron chi connectivity index (χ4n) is 3.40. The number of ether oxygens (including phenoxy) is 1. The van der Waals surface area contributed by atoms with E-state index in [0.29, 0.717) is 11.4 Å². The normalized spacial score (nSPS) is 19.2. The molecule has 0 radical (unpaired) electrons. The summed E-state index contributed by atoms with van der Waals surface area (Å²) in [6, 6.07) is 11.5. The van der Waals surface area contributed by atoms with Crippen LogP contribution in [0.5, 0.6) is 5.75 Å². The first-order chi connectivity index (χ1) is 14.8. The molecule has 2 aliphatic heterocycles. The second kappa shape index (κ2) is 8.37. The summed E-state index contributed by atoms with van der Waals surface area (Å²) in [6.07, 6.45) is -0.740. The standard InChI is InChI=1S/C20H21ClN4O5S/c1-13-19(26)23-16-11-15(21)18(12-17(16)30-13)31(28,29)25-9-7-24(8-10-25)20(27)22-14-5-3-2-4-6-14/h2-6,11-13H,7-10H2,1H3,(H,22,27)(H,23,26). The van der Waals surface area contributed by atoms with Crippen LogP contribution in [-0.2, 0) is 14.8 Å². The molecule has 2 aromatic rings. The maximum Gasteiger partial charge on any atom is 0.321 e. The number of rotatable bonds is 3. The fraction of sp³-hybridized carbons (Fsp3) is 0.300. The predicted molar refractivity (Wildman–Crippen MR) is 116 cm³/mol. The Kier molecular flexibility index (Phi) is 5.78. The third-order valence-electron chi connectivity index (χ3n) is 5.13. The number of amides is 3. The van der Waals surface area contributed by atoms with Crippen molar-refractivity contribution in [3.8, 4) is 5.75 Å². The summed E-state index contributed by atoms with van der Waals surface area (Å²) in [5.74, 6) is -0.0833.